The van der Waals surface area contributed by atoms with Gasteiger partial charge in [-0.3, -0.25) is 43.3 Å². The number of amides is 8. The summed E-state index contributed by atoms with van der Waals surface area (Å²) in [6, 6.07) is 16.1. The van der Waals surface area contributed by atoms with E-state index in [-0.39, 0.29) is 89.3 Å². The normalized spacial score (nSPS) is 20.4. The number of fused-ring (bicyclic) bond motifs is 2. The van der Waals surface area contributed by atoms with Gasteiger partial charge >= 0.3 is 0 Å². The van der Waals surface area contributed by atoms with E-state index in [2.05, 4.69) is 47.2 Å². The van der Waals surface area contributed by atoms with Crippen LogP contribution in [-0.4, -0.2) is 101 Å². The van der Waals surface area contributed by atoms with Gasteiger partial charge in [0, 0.05) is 62.4 Å². The van der Waals surface area contributed by atoms with Crippen molar-refractivity contribution in [1.29, 1.82) is 0 Å². The first-order chi connectivity index (χ1) is 35.1. The van der Waals surface area contributed by atoms with Gasteiger partial charge in [0.2, 0.25) is 47.3 Å². The van der Waals surface area contributed by atoms with E-state index in [4.69, 9.17) is 17.2 Å². The molecule has 1 aromatic heterocycles. The summed E-state index contributed by atoms with van der Waals surface area (Å²) in [6.45, 7) is 4.23. The molecule has 0 bridgehead atoms. The second-order valence-electron chi connectivity index (χ2n) is 18.3. The zero-order chi connectivity index (χ0) is 52.7. The van der Waals surface area contributed by atoms with E-state index in [0.717, 1.165) is 39.6 Å². The molecule has 5 atom stereocenters. The number of hydrogen-bond acceptors (Lipinski definition) is 9. The van der Waals surface area contributed by atoms with Gasteiger partial charge in [-0.2, -0.15) is 0 Å². The van der Waals surface area contributed by atoms with Crippen LogP contribution in [0.15, 0.2) is 84.0 Å². The highest BCUT2D eigenvalue weighted by Crippen LogP contribution is 2.21. The van der Waals surface area contributed by atoms with E-state index >= 15 is 0 Å². The number of para-hydroxylation sites is 1. The van der Waals surface area contributed by atoms with Crippen LogP contribution in [0.25, 0.3) is 10.9 Å². The zero-order valence-electron chi connectivity index (χ0n) is 41.9. The maximum Gasteiger partial charge on any atom is 0.243 e. The Labute approximate surface area is 426 Å². The van der Waals surface area contributed by atoms with Crippen LogP contribution in [-0.2, 0) is 70.6 Å². The number of nitrogens with two attached hydrogens (primary N) is 3. The van der Waals surface area contributed by atoms with Gasteiger partial charge < -0.3 is 59.4 Å². The van der Waals surface area contributed by atoms with Crippen LogP contribution in [0.1, 0.15) is 106 Å². The molecule has 14 N–H and O–H groups in total. The molecule has 0 aliphatic carbocycles. The third-order valence-electron chi connectivity index (χ3n) is 12.8. The fraction of sp³-hybridized carbons (Fsp3) is 0.453. The molecule has 0 fully saturated rings. The zero-order valence-corrected chi connectivity index (χ0v) is 41.9. The van der Waals surface area contributed by atoms with Crippen molar-refractivity contribution in [2.45, 2.75) is 140 Å². The minimum Gasteiger partial charge on any atom is -0.370 e. The Bertz CT molecular complexity index is 2560. The number of H-pyrrole nitrogens is 1. The average molecular weight is 1010 g/mol. The number of carbonyl (C=O) groups is 8. The first kappa shape index (κ1) is 56.1. The average Bonchev–Trinajstić information content (AvgIpc) is 3.78. The summed E-state index contributed by atoms with van der Waals surface area (Å²) >= 11 is 0. The van der Waals surface area contributed by atoms with Crippen molar-refractivity contribution >= 4 is 64.1 Å². The summed E-state index contributed by atoms with van der Waals surface area (Å²) < 4.78 is 0. The predicted molar refractivity (Wildman–Crippen MR) is 278 cm³/mol. The van der Waals surface area contributed by atoms with Crippen molar-refractivity contribution in [1.82, 2.24) is 42.2 Å². The van der Waals surface area contributed by atoms with E-state index < -0.39 is 71.6 Å². The molecule has 3 aromatic carbocycles. The molecule has 0 unspecified atom stereocenters. The second kappa shape index (κ2) is 28.9. The smallest absolute Gasteiger partial charge is 0.243 e. The highest BCUT2D eigenvalue weighted by Gasteiger charge is 2.32. The van der Waals surface area contributed by atoms with Crippen molar-refractivity contribution in [2.24, 2.45) is 22.2 Å². The lowest BCUT2D eigenvalue weighted by Crippen LogP contribution is -2.58. The molecule has 1 aliphatic heterocycles. The minimum absolute atomic E-state index is 0.0264. The number of hydrogen-bond donors (Lipinski definition) is 11. The number of aromatic amines is 1. The van der Waals surface area contributed by atoms with Crippen molar-refractivity contribution in [3.63, 3.8) is 0 Å². The molecule has 2 heterocycles. The number of nitrogens with one attached hydrogen (secondary N) is 8. The molecule has 1 aliphatic rings. The number of rotatable bonds is 14. The molecular formula is C53H72N12O8. The van der Waals surface area contributed by atoms with E-state index in [1.165, 1.54) is 0 Å². The SMILES string of the molecule is CCCCC(=O)N[C@H]1CC(=O)NCCCC[C@@H](C(N)=O)NC(=O)[C@H](Cc2c[nH]c3ccccc23)NC(=O)[C@H](CCCN=C(N)N)NC(=O)[C@@H](Cc2ccccc2)NC(=O)CCc2c(CC)cccc2CNC1=O. The molecule has 8 amide bonds. The van der Waals surface area contributed by atoms with Gasteiger partial charge in [0.1, 0.15) is 30.2 Å². The van der Waals surface area contributed by atoms with Crippen molar-refractivity contribution in [3.05, 3.63) is 107 Å². The maximum absolute atomic E-state index is 14.5. The van der Waals surface area contributed by atoms with Gasteiger partial charge in [0.15, 0.2) is 5.96 Å². The van der Waals surface area contributed by atoms with Crippen LogP contribution in [0.5, 0.6) is 0 Å². The summed E-state index contributed by atoms with van der Waals surface area (Å²) in [5, 5.41) is 20.5. The highest BCUT2D eigenvalue weighted by atomic mass is 16.2. The summed E-state index contributed by atoms with van der Waals surface area (Å²) in [5.41, 5.74) is 21.7. The molecule has 20 heteroatoms. The molecule has 0 saturated heterocycles. The van der Waals surface area contributed by atoms with Crippen LogP contribution in [0.2, 0.25) is 0 Å². The molecule has 0 saturated carbocycles. The lowest BCUT2D eigenvalue weighted by atomic mass is 9.94. The standard InChI is InChI=1S/C53H72N12O8/c1-3-5-23-45(66)62-44-30-47(68)57-26-12-11-21-40(48(54)69)63-52(73)43(29-36-32-59-39-20-10-9-19-38(36)39)65-50(71)41(22-14-27-58-53(55)56)64-51(72)42(28-33-15-7-6-8-16-33)61-46(67)25-24-37-34(4-2)17-13-18-35(37)31-60-49(44)70/h6-10,13,15-20,32,40-44,59H,3-5,11-12,14,21-31H2,1-2H3,(H2,54,69)(H,57,68)(H,60,70)(H,61,67)(H,62,66)(H,63,73)(H,64,72)(H,65,71)(H4,55,56,58)/t40-,41-,42+,43-,44-/m0/s1. The van der Waals surface area contributed by atoms with Gasteiger partial charge in [-0.1, -0.05) is 87.0 Å². The fourth-order valence-corrected chi connectivity index (χ4v) is 8.75. The Balaban J connectivity index is 1.50. The highest BCUT2D eigenvalue weighted by molar-refractivity contribution is 5.96. The van der Waals surface area contributed by atoms with Gasteiger partial charge in [-0.25, -0.2) is 0 Å². The number of primary amides is 1. The van der Waals surface area contributed by atoms with Crippen LogP contribution < -0.4 is 54.4 Å². The van der Waals surface area contributed by atoms with E-state index in [1.807, 2.05) is 74.5 Å². The third kappa shape index (κ3) is 18.1. The van der Waals surface area contributed by atoms with E-state index in [9.17, 15) is 38.4 Å². The van der Waals surface area contributed by atoms with E-state index in [1.54, 1.807) is 18.3 Å². The van der Waals surface area contributed by atoms with Crippen molar-refractivity contribution < 1.29 is 38.4 Å². The number of aliphatic imine (C=N–C) groups is 1. The number of carbonyl (C=O) groups excluding carboxylic acids is 8. The van der Waals surface area contributed by atoms with Gasteiger partial charge in [0.05, 0.1) is 6.42 Å². The topological polar surface area (TPSA) is 327 Å². The Kier molecular flexibility index (Phi) is 22.2. The molecule has 4 aromatic rings. The third-order valence-corrected chi connectivity index (χ3v) is 12.8. The number of benzene rings is 3. The summed E-state index contributed by atoms with van der Waals surface area (Å²) in [7, 11) is 0. The second-order valence-corrected chi connectivity index (χ2v) is 18.3. The Hall–Kier alpha value is -7.77. The number of guanidine groups is 1. The van der Waals surface area contributed by atoms with Crippen LogP contribution in [0.4, 0.5) is 0 Å². The number of nitrogens with zero attached hydrogens (tertiary/aromatic N) is 1. The lowest BCUT2D eigenvalue weighted by Gasteiger charge is -2.26. The monoisotopic (exact) mass is 1000 g/mol. The molecule has 73 heavy (non-hydrogen) atoms. The summed E-state index contributed by atoms with van der Waals surface area (Å²) in [6.07, 6.45) is 4.81. The summed E-state index contributed by atoms with van der Waals surface area (Å²) in [4.78, 5) is 117. The van der Waals surface area contributed by atoms with Gasteiger partial charge in [0.25, 0.3) is 0 Å². The molecule has 5 rings (SSSR count). The van der Waals surface area contributed by atoms with Crippen LogP contribution in [0, 0.1) is 0 Å². The first-order valence-electron chi connectivity index (χ1n) is 25.2. The molecule has 20 nitrogen and oxygen atoms in total. The largest absolute Gasteiger partial charge is 0.370 e. The quantitative estimate of drug-likeness (QED) is 0.0493. The number of aryl methyl sites for hydroxylation is 1. The van der Waals surface area contributed by atoms with E-state index in [0.29, 0.717) is 31.2 Å². The predicted octanol–water partition coefficient (Wildman–Crippen LogP) is 1.61. The van der Waals surface area contributed by atoms with Crippen molar-refractivity contribution in [3.8, 4) is 0 Å². The lowest BCUT2D eigenvalue weighted by molar-refractivity contribution is -0.134. The van der Waals surface area contributed by atoms with Crippen LogP contribution >= 0.6 is 0 Å². The Morgan fingerprint density at radius 1 is 0.699 bits per heavy atom. The van der Waals surface area contributed by atoms with Gasteiger partial charge in [-0.05, 0) is 85.3 Å². The fourth-order valence-electron chi connectivity index (χ4n) is 8.75. The molecule has 0 spiro atoms. The molecule has 392 valence electrons. The van der Waals surface area contributed by atoms with Gasteiger partial charge in [-0.15, -0.1) is 0 Å². The summed E-state index contributed by atoms with van der Waals surface area (Å²) in [5.74, 6) is -4.96. The molecule has 0 radical (unpaired) electrons. The van der Waals surface area contributed by atoms with Crippen LogP contribution in [0.3, 0.4) is 0 Å². The Morgan fingerprint density at radius 2 is 1.41 bits per heavy atom. The number of unbranched alkanes of at least 4 members (excludes halogenated alkanes) is 1. The van der Waals surface area contributed by atoms with Crippen molar-refractivity contribution in [2.75, 3.05) is 13.1 Å². The molecular weight excluding hydrogens is 933 g/mol. The number of aromatic nitrogens is 1. The first-order valence-corrected chi connectivity index (χ1v) is 25.2. The minimum atomic E-state index is -1.28. The Morgan fingerprint density at radius 3 is 2.15 bits per heavy atom. The maximum atomic E-state index is 14.5.